The number of nitrogens with zero attached hydrogens (tertiary/aromatic N) is 2. The molecule has 1 aromatic heterocycles. The second-order valence-corrected chi connectivity index (χ2v) is 4.64. The molecule has 1 heterocycles. The number of ether oxygens (including phenoxy) is 1. The minimum absolute atomic E-state index is 0.433. The fourth-order valence-electron chi connectivity index (χ4n) is 1.29. The highest BCUT2D eigenvalue weighted by molar-refractivity contribution is 7.10. The summed E-state index contributed by atoms with van der Waals surface area (Å²) in [5.74, 6) is 0. The van der Waals surface area contributed by atoms with Crippen molar-refractivity contribution in [3.8, 4) is 0 Å². The van der Waals surface area contributed by atoms with Gasteiger partial charge >= 0.3 is 0 Å². The predicted octanol–water partition coefficient (Wildman–Crippen LogP) is 2.95. The zero-order valence-corrected chi connectivity index (χ0v) is 10.2. The zero-order valence-electron chi connectivity index (χ0n) is 8.60. The standard InChI is InChI=1S/C11H11ClN2OS/c12-11-10(13-14-16-11)8-15-7-6-9-4-2-1-3-5-9/h1-5H,6-8H2. The summed E-state index contributed by atoms with van der Waals surface area (Å²) in [6.45, 7) is 1.10. The molecule has 0 fully saturated rings. The summed E-state index contributed by atoms with van der Waals surface area (Å²) in [5.41, 5.74) is 1.99. The molecule has 2 aromatic rings. The first-order chi connectivity index (χ1) is 7.86. The minimum atomic E-state index is 0.433. The lowest BCUT2D eigenvalue weighted by Crippen LogP contribution is -1.99. The van der Waals surface area contributed by atoms with E-state index in [0.717, 1.165) is 12.1 Å². The van der Waals surface area contributed by atoms with Gasteiger partial charge in [0.25, 0.3) is 0 Å². The molecule has 0 bridgehead atoms. The molecular formula is C11H11ClN2OS. The van der Waals surface area contributed by atoms with Crippen LogP contribution in [0.1, 0.15) is 11.3 Å². The topological polar surface area (TPSA) is 35.0 Å². The summed E-state index contributed by atoms with van der Waals surface area (Å²) >= 11 is 7.03. The number of hydrogen-bond donors (Lipinski definition) is 0. The van der Waals surface area contributed by atoms with E-state index in [2.05, 4.69) is 21.7 Å². The van der Waals surface area contributed by atoms with Gasteiger partial charge in [-0.2, -0.15) is 0 Å². The molecule has 0 aliphatic carbocycles. The van der Waals surface area contributed by atoms with Crippen LogP contribution in [-0.2, 0) is 17.8 Å². The van der Waals surface area contributed by atoms with Crippen molar-refractivity contribution >= 4 is 23.1 Å². The summed E-state index contributed by atoms with van der Waals surface area (Å²) in [6.07, 6.45) is 0.899. The molecule has 0 unspecified atom stereocenters. The van der Waals surface area contributed by atoms with Gasteiger partial charge < -0.3 is 4.74 Å². The van der Waals surface area contributed by atoms with Gasteiger partial charge in [-0.3, -0.25) is 0 Å². The van der Waals surface area contributed by atoms with Gasteiger partial charge in [0.1, 0.15) is 10.0 Å². The highest BCUT2D eigenvalue weighted by Crippen LogP contribution is 2.17. The lowest BCUT2D eigenvalue weighted by atomic mass is 10.2. The third kappa shape index (κ3) is 3.27. The van der Waals surface area contributed by atoms with E-state index in [9.17, 15) is 0 Å². The Bertz CT molecular complexity index is 433. The van der Waals surface area contributed by atoms with Crippen LogP contribution in [0.15, 0.2) is 30.3 Å². The molecule has 16 heavy (non-hydrogen) atoms. The average Bonchev–Trinajstić information content (AvgIpc) is 2.72. The highest BCUT2D eigenvalue weighted by atomic mass is 35.5. The second-order valence-electron chi connectivity index (χ2n) is 3.28. The van der Waals surface area contributed by atoms with Crippen LogP contribution in [0.4, 0.5) is 0 Å². The first-order valence-corrected chi connectivity index (χ1v) is 6.10. The Hall–Kier alpha value is -0.970. The SMILES string of the molecule is Clc1snnc1COCCc1ccccc1. The van der Waals surface area contributed by atoms with Crippen LogP contribution < -0.4 is 0 Å². The van der Waals surface area contributed by atoms with E-state index in [0.29, 0.717) is 17.6 Å². The molecule has 84 valence electrons. The Balaban J connectivity index is 1.72. The van der Waals surface area contributed by atoms with E-state index >= 15 is 0 Å². The normalized spacial score (nSPS) is 10.6. The third-order valence-electron chi connectivity index (χ3n) is 2.13. The van der Waals surface area contributed by atoms with E-state index in [-0.39, 0.29) is 0 Å². The maximum atomic E-state index is 5.85. The minimum Gasteiger partial charge on any atom is -0.375 e. The van der Waals surface area contributed by atoms with Gasteiger partial charge in [0.2, 0.25) is 0 Å². The van der Waals surface area contributed by atoms with Crippen LogP contribution in [0.3, 0.4) is 0 Å². The van der Waals surface area contributed by atoms with E-state index in [1.807, 2.05) is 18.2 Å². The molecule has 0 saturated carbocycles. The quantitative estimate of drug-likeness (QED) is 0.770. The van der Waals surface area contributed by atoms with Crippen LogP contribution in [-0.4, -0.2) is 16.2 Å². The lowest BCUT2D eigenvalue weighted by molar-refractivity contribution is 0.121. The van der Waals surface area contributed by atoms with E-state index < -0.39 is 0 Å². The number of halogens is 1. The molecule has 3 nitrogen and oxygen atoms in total. The van der Waals surface area contributed by atoms with Gasteiger partial charge in [0.05, 0.1) is 13.2 Å². The van der Waals surface area contributed by atoms with E-state index in [1.165, 1.54) is 17.1 Å². The molecule has 0 aliphatic rings. The molecule has 1 aromatic carbocycles. The highest BCUT2D eigenvalue weighted by Gasteiger charge is 2.04. The van der Waals surface area contributed by atoms with Crippen molar-refractivity contribution in [2.24, 2.45) is 0 Å². The molecular weight excluding hydrogens is 244 g/mol. The van der Waals surface area contributed by atoms with Crippen LogP contribution in [0.5, 0.6) is 0 Å². The van der Waals surface area contributed by atoms with Gasteiger partial charge in [-0.1, -0.05) is 46.4 Å². The largest absolute Gasteiger partial charge is 0.375 e. The summed E-state index contributed by atoms with van der Waals surface area (Å²) in [6, 6.07) is 10.2. The molecule has 2 rings (SSSR count). The fraction of sp³-hybridized carbons (Fsp3) is 0.273. The Kier molecular flexibility index (Phi) is 4.27. The molecule has 0 amide bonds. The average molecular weight is 255 g/mol. The summed E-state index contributed by atoms with van der Waals surface area (Å²) < 4.78 is 9.83. The number of benzene rings is 1. The Morgan fingerprint density at radius 1 is 1.25 bits per heavy atom. The molecule has 0 N–H and O–H groups in total. The molecule has 0 atom stereocenters. The number of rotatable bonds is 5. The van der Waals surface area contributed by atoms with Gasteiger partial charge in [0, 0.05) is 11.5 Å². The van der Waals surface area contributed by atoms with Crippen molar-refractivity contribution in [2.45, 2.75) is 13.0 Å². The molecule has 0 aliphatic heterocycles. The number of hydrogen-bond acceptors (Lipinski definition) is 4. The van der Waals surface area contributed by atoms with Crippen molar-refractivity contribution in [1.82, 2.24) is 9.59 Å². The van der Waals surface area contributed by atoms with Gasteiger partial charge in [-0.05, 0) is 12.0 Å². The summed E-state index contributed by atoms with van der Waals surface area (Å²) in [7, 11) is 0. The summed E-state index contributed by atoms with van der Waals surface area (Å²) in [4.78, 5) is 0. The molecule has 0 spiro atoms. The van der Waals surface area contributed by atoms with Crippen LogP contribution in [0, 0.1) is 0 Å². The van der Waals surface area contributed by atoms with Crippen molar-refractivity contribution in [1.29, 1.82) is 0 Å². The van der Waals surface area contributed by atoms with E-state index in [4.69, 9.17) is 16.3 Å². The van der Waals surface area contributed by atoms with Crippen LogP contribution in [0.25, 0.3) is 0 Å². The zero-order chi connectivity index (χ0) is 11.2. The fourth-order valence-corrected chi connectivity index (χ4v) is 1.89. The lowest BCUT2D eigenvalue weighted by Gasteiger charge is -2.02. The maximum Gasteiger partial charge on any atom is 0.139 e. The van der Waals surface area contributed by atoms with Crippen molar-refractivity contribution < 1.29 is 4.74 Å². The monoisotopic (exact) mass is 254 g/mol. The smallest absolute Gasteiger partial charge is 0.139 e. The Morgan fingerprint density at radius 3 is 2.75 bits per heavy atom. The van der Waals surface area contributed by atoms with E-state index in [1.54, 1.807) is 0 Å². The molecule has 0 saturated heterocycles. The van der Waals surface area contributed by atoms with Gasteiger partial charge in [0.15, 0.2) is 0 Å². The van der Waals surface area contributed by atoms with Crippen LogP contribution >= 0.6 is 23.1 Å². The van der Waals surface area contributed by atoms with Crippen LogP contribution in [0.2, 0.25) is 4.34 Å². The van der Waals surface area contributed by atoms with Crippen molar-refractivity contribution in [2.75, 3.05) is 6.61 Å². The number of aromatic nitrogens is 2. The molecule has 5 heteroatoms. The van der Waals surface area contributed by atoms with Crippen molar-refractivity contribution in [3.63, 3.8) is 0 Å². The molecule has 0 radical (unpaired) electrons. The first-order valence-electron chi connectivity index (χ1n) is 4.94. The van der Waals surface area contributed by atoms with Gasteiger partial charge in [-0.15, -0.1) is 5.10 Å². The Labute approximate surface area is 103 Å². The third-order valence-corrected chi connectivity index (χ3v) is 3.11. The first kappa shape index (κ1) is 11.5. The predicted molar refractivity (Wildman–Crippen MR) is 64.7 cm³/mol. The van der Waals surface area contributed by atoms with Crippen molar-refractivity contribution in [3.05, 3.63) is 45.9 Å². The Morgan fingerprint density at radius 2 is 2.06 bits per heavy atom. The summed E-state index contributed by atoms with van der Waals surface area (Å²) in [5, 5.41) is 3.87. The second kappa shape index (κ2) is 5.94. The maximum absolute atomic E-state index is 5.85. The van der Waals surface area contributed by atoms with Gasteiger partial charge in [-0.25, -0.2) is 0 Å².